The molecule has 0 saturated carbocycles. The molecule has 1 saturated heterocycles. The average molecular weight is 417 g/mol. The summed E-state index contributed by atoms with van der Waals surface area (Å²) in [4.78, 5) is 27.4. The van der Waals surface area contributed by atoms with E-state index >= 15 is 0 Å². The maximum atomic E-state index is 12.7. The van der Waals surface area contributed by atoms with Crippen molar-refractivity contribution in [1.29, 1.82) is 0 Å². The first-order valence-corrected chi connectivity index (χ1v) is 10.8. The highest BCUT2D eigenvalue weighted by Crippen LogP contribution is 2.22. The predicted molar refractivity (Wildman–Crippen MR) is 122 cm³/mol. The van der Waals surface area contributed by atoms with Crippen molar-refractivity contribution in [2.75, 3.05) is 18.0 Å². The topological polar surface area (TPSA) is 67.2 Å². The molecule has 0 unspecified atom stereocenters. The van der Waals surface area contributed by atoms with Gasteiger partial charge in [0.25, 0.3) is 5.56 Å². The van der Waals surface area contributed by atoms with E-state index in [1.807, 2.05) is 55.5 Å². The van der Waals surface area contributed by atoms with Gasteiger partial charge in [0, 0.05) is 25.7 Å². The smallest absolute Gasteiger partial charge is 0.269 e. The van der Waals surface area contributed by atoms with Crippen molar-refractivity contribution in [3.63, 3.8) is 0 Å². The van der Waals surface area contributed by atoms with Gasteiger partial charge in [-0.1, -0.05) is 60.2 Å². The maximum absolute atomic E-state index is 12.7. The van der Waals surface area contributed by atoms with E-state index in [1.165, 1.54) is 10.2 Å². The summed E-state index contributed by atoms with van der Waals surface area (Å²) in [6.45, 7) is 4.46. The van der Waals surface area contributed by atoms with Crippen molar-refractivity contribution in [2.45, 2.75) is 32.9 Å². The molecule has 1 atom stereocenters. The van der Waals surface area contributed by atoms with Gasteiger partial charge in [0.1, 0.15) is 0 Å². The van der Waals surface area contributed by atoms with E-state index < -0.39 is 0 Å². The van der Waals surface area contributed by atoms with E-state index in [4.69, 9.17) is 0 Å². The molecule has 1 aliphatic heterocycles. The van der Waals surface area contributed by atoms with Crippen LogP contribution in [0, 0.1) is 12.8 Å². The fraction of sp³-hybridized carbons (Fsp3) is 0.320. The number of hydrogen-bond acceptors (Lipinski definition) is 4. The molecule has 1 aromatic heterocycles. The number of rotatable bonds is 6. The Morgan fingerprint density at radius 1 is 1.10 bits per heavy atom. The highest BCUT2D eigenvalue weighted by Gasteiger charge is 2.26. The summed E-state index contributed by atoms with van der Waals surface area (Å²) in [7, 11) is 0. The van der Waals surface area contributed by atoms with Gasteiger partial charge in [0.15, 0.2) is 0 Å². The van der Waals surface area contributed by atoms with Crippen LogP contribution in [-0.2, 0) is 17.9 Å². The highest BCUT2D eigenvalue weighted by atomic mass is 16.2. The summed E-state index contributed by atoms with van der Waals surface area (Å²) in [6.07, 6.45) is 3.50. The maximum Gasteiger partial charge on any atom is 0.269 e. The van der Waals surface area contributed by atoms with Gasteiger partial charge in [-0.25, -0.2) is 4.68 Å². The second-order valence-corrected chi connectivity index (χ2v) is 8.19. The monoisotopic (exact) mass is 416 g/mol. The quantitative estimate of drug-likeness (QED) is 0.670. The van der Waals surface area contributed by atoms with E-state index in [0.717, 1.165) is 36.2 Å². The first kappa shape index (κ1) is 20.8. The number of piperidine rings is 1. The van der Waals surface area contributed by atoms with E-state index in [2.05, 4.69) is 21.4 Å². The van der Waals surface area contributed by atoms with Crippen molar-refractivity contribution < 1.29 is 4.79 Å². The number of aromatic nitrogens is 2. The van der Waals surface area contributed by atoms with Crippen molar-refractivity contribution in [1.82, 2.24) is 15.1 Å². The number of aryl methyl sites for hydroxylation is 1. The number of amides is 1. The van der Waals surface area contributed by atoms with Gasteiger partial charge in [-0.3, -0.25) is 9.59 Å². The fourth-order valence-electron chi connectivity index (χ4n) is 4.05. The molecule has 2 aromatic carbocycles. The summed E-state index contributed by atoms with van der Waals surface area (Å²) < 4.78 is 1.47. The van der Waals surface area contributed by atoms with Gasteiger partial charge in [-0.2, -0.15) is 5.10 Å². The molecule has 6 nitrogen and oxygen atoms in total. The zero-order valence-electron chi connectivity index (χ0n) is 17.8. The Morgan fingerprint density at radius 3 is 2.68 bits per heavy atom. The number of anilines is 1. The molecule has 2 heterocycles. The van der Waals surface area contributed by atoms with Crippen LogP contribution in [0.3, 0.4) is 0 Å². The number of carbonyl (C=O) groups is 1. The molecule has 1 fully saturated rings. The lowest BCUT2D eigenvalue weighted by atomic mass is 9.96. The molecule has 6 heteroatoms. The van der Waals surface area contributed by atoms with E-state index in [-0.39, 0.29) is 17.4 Å². The van der Waals surface area contributed by atoms with Crippen molar-refractivity contribution in [2.24, 2.45) is 5.92 Å². The summed E-state index contributed by atoms with van der Waals surface area (Å²) >= 11 is 0. The summed E-state index contributed by atoms with van der Waals surface area (Å²) in [5.41, 5.74) is 3.98. The van der Waals surface area contributed by atoms with E-state index in [9.17, 15) is 9.59 Å². The minimum absolute atomic E-state index is 0.0663. The molecule has 0 bridgehead atoms. The minimum atomic E-state index is -0.132. The number of hydrogen-bond donors (Lipinski definition) is 1. The molecule has 0 aliphatic carbocycles. The molecule has 4 rings (SSSR count). The molecule has 160 valence electrons. The van der Waals surface area contributed by atoms with E-state index in [1.54, 1.807) is 12.3 Å². The molecule has 1 aliphatic rings. The van der Waals surface area contributed by atoms with Crippen LogP contribution >= 0.6 is 0 Å². The predicted octanol–water partition coefficient (Wildman–Crippen LogP) is 3.13. The first-order chi connectivity index (χ1) is 15.1. The van der Waals surface area contributed by atoms with Crippen molar-refractivity contribution in [3.05, 3.63) is 93.9 Å². The number of carbonyl (C=O) groups excluding carboxylic acids is 1. The van der Waals surface area contributed by atoms with Crippen LogP contribution in [0.1, 0.15) is 29.5 Å². The molecule has 0 radical (unpaired) electrons. The first-order valence-electron chi connectivity index (χ1n) is 10.8. The molecule has 31 heavy (non-hydrogen) atoms. The third-order valence-corrected chi connectivity index (χ3v) is 5.74. The van der Waals surface area contributed by atoms with Crippen LogP contribution in [0.5, 0.6) is 0 Å². The van der Waals surface area contributed by atoms with Gasteiger partial charge in [0.05, 0.1) is 24.3 Å². The Morgan fingerprint density at radius 2 is 1.90 bits per heavy atom. The van der Waals surface area contributed by atoms with Gasteiger partial charge in [-0.15, -0.1) is 0 Å². The number of nitrogens with one attached hydrogen (secondary N) is 1. The molecule has 1 amide bonds. The van der Waals surface area contributed by atoms with E-state index in [0.29, 0.717) is 19.6 Å². The lowest BCUT2D eigenvalue weighted by Crippen LogP contribution is -2.43. The van der Waals surface area contributed by atoms with Gasteiger partial charge >= 0.3 is 0 Å². The number of nitrogens with zero attached hydrogens (tertiary/aromatic N) is 3. The second kappa shape index (κ2) is 9.60. The molecule has 3 aromatic rings. The Bertz CT molecular complexity index is 1090. The molecular weight excluding hydrogens is 388 g/mol. The Hall–Kier alpha value is -3.41. The molecular formula is C25H28N4O2. The second-order valence-electron chi connectivity index (χ2n) is 8.19. The van der Waals surface area contributed by atoms with Crippen LogP contribution in [0.4, 0.5) is 5.69 Å². The molecule has 1 N–H and O–H groups in total. The Balaban J connectivity index is 1.38. The fourth-order valence-corrected chi connectivity index (χ4v) is 4.05. The zero-order chi connectivity index (χ0) is 21.6. The summed E-state index contributed by atoms with van der Waals surface area (Å²) in [5.74, 6) is -0.0260. The largest absolute Gasteiger partial charge is 0.369 e. The van der Waals surface area contributed by atoms with Crippen LogP contribution in [-0.4, -0.2) is 28.8 Å². The highest BCUT2D eigenvalue weighted by molar-refractivity contribution is 5.79. The van der Waals surface area contributed by atoms with Crippen LogP contribution in [0.25, 0.3) is 0 Å². The third-order valence-electron chi connectivity index (χ3n) is 5.74. The summed E-state index contributed by atoms with van der Waals surface area (Å²) in [6, 6.07) is 19.6. The zero-order valence-corrected chi connectivity index (χ0v) is 17.8. The summed E-state index contributed by atoms with van der Waals surface area (Å²) in [5, 5.41) is 7.43. The van der Waals surface area contributed by atoms with Crippen molar-refractivity contribution >= 4 is 11.6 Å². The van der Waals surface area contributed by atoms with Gasteiger partial charge < -0.3 is 10.2 Å². The van der Waals surface area contributed by atoms with Crippen LogP contribution in [0.15, 0.2) is 71.7 Å². The third kappa shape index (κ3) is 5.40. The standard InChI is InChI=1S/C25H28N4O2/c1-19-7-5-10-21(13-19)15-26-25(31)22-11-6-12-28(18-22)23-14-24(30)29(27-16-23)17-20-8-3-2-4-9-20/h2-5,7-10,13-14,16,22H,6,11-12,15,17-18H2,1H3,(H,26,31)/t22-/m0/s1. The Labute approximate surface area is 182 Å². The lowest BCUT2D eigenvalue weighted by Gasteiger charge is -2.33. The van der Waals surface area contributed by atoms with Crippen LogP contribution in [0.2, 0.25) is 0 Å². The average Bonchev–Trinajstić information content (AvgIpc) is 2.80. The Kier molecular flexibility index (Phi) is 6.46. The SMILES string of the molecule is Cc1cccc(CNC(=O)[C@H]2CCCN(c3cnn(Cc4ccccc4)c(=O)c3)C2)c1. The van der Waals surface area contributed by atoms with Crippen molar-refractivity contribution in [3.8, 4) is 0 Å². The normalized spacial score (nSPS) is 16.2. The minimum Gasteiger partial charge on any atom is -0.369 e. The number of benzene rings is 2. The van der Waals surface area contributed by atoms with Gasteiger partial charge in [0.2, 0.25) is 5.91 Å². The lowest BCUT2D eigenvalue weighted by molar-refractivity contribution is -0.125. The van der Waals surface area contributed by atoms with Crippen LogP contribution < -0.4 is 15.8 Å². The van der Waals surface area contributed by atoms with Gasteiger partial charge in [-0.05, 0) is 30.9 Å². The molecule has 0 spiro atoms.